The van der Waals surface area contributed by atoms with Crippen LogP contribution in [0.25, 0.3) is 0 Å². The minimum absolute atomic E-state index is 0.361. The van der Waals surface area contributed by atoms with Crippen molar-refractivity contribution in [2.75, 3.05) is 7.11 Å². The number of carbonyl (C=O) groups is 1. The Kier molecular flexibility index (Phi) is 4.21. The summed E-state index contributed by atoms with van der Waals surface area (Å²) in [5.41, 5.74) is 2.09. The van der Waals surface area contributed by atoms with Gasteiger partial charge in [0.25, 0.3) is 0 Å². The van der Waals surface area contributed by atoms with Gasteiger partial charge in [-0.3, -0.25) is 0 Å². The second kappa shape index (κ2) is 6.26. The number of imidazole rings is 1. The summed E-state index contributed by atoms with van der Waals surface area (Å²) in [6.07, 6.45) is 3.36. The molecule has 98 valence electrons. The molecule has 0 N–H and O–H groups in total. The lowest BCUT2D eigenvalue weighted by molar-refractivity contribution is 0.0601. The van der Waals surface area contributed by atoms with Gasteiger partial charge in [-0.25, -0.2) is 9.78 Å². The molecule has 0 radical (unpaired) electrons. The maximum atomic E-state index is 11.3. The van der Waals surface area contributed by atoms with E-state index in [9.17, 15) is 4.79 Å². The highest BCUT2D eigenvalue weighted by molar-refractivity contribution is 5.89. The third kappa shape index (κ3) is 3.28. The normalized spacial score (nSPS) is 8.90. The van der Waals surface area contributed by atoms with Crippen LogP contribution in [0.1, 0.15) is 21.6 Å². The number of hydrogen-bond donors (Lipinski definition) is 0. The van der Waals surface area contributed by atoms with E-state index in [1.807, 2.05) is 11.6 Å². The molecular weight excluding hydrogens is 252 g/mol. The predicted molar refractivity (Wildman–Crippen MR) is 74.7 cm³/mol. The van der Waals surface area contributed by atoms with Gasteiger partial charge in [0.2, 0.25) is 0 Å². The number of nitrogens with zero attached hydrogens (tertiary/aromatic N) is 2. The molecule has 0 saturated carbocycles. The summed E-state index contributed by atoms with van der Waals surface area (Å²) in [6.45, 7) is 0. The number of esters is 1. The van der Waals surface area contributed by atoms with Crippen molar-refractivity contribution in [3.63, 3.8) is 0 Å². The van der Waals surface area contributed by atoms with E-state index in [0.717, 1.165) is 11.3 Å². The molecule has 0 amide bonds. The predicted octanol–water partition coefficient (Wildman–Crippen LogP) is 1.61. The van der Waals surface area contributed by atoms with Crippen molar-refractivity contribution in [2.45, 2.75) is 0 Å². The van der Waals surface area contributed by atoms with E-state index >= 15 is 0 Å². The Balaban J connectivity index is 2.09. The second-order valence-electron chi connectivity index (χ2n) is 3.96. The zero-order valence-corrected chi connectivity index (χ0v) is 11.2. The van der Waals surface area contributed by atoms with Crippen molar-refractivity contribution >= 4 is 5.97 Å². The van der Waals surface area contributed by atoms with Crippen LogP contribution in [0.3, 0.4) is 0 Å². The third-order valence-corrected chi connectivity index (χ3v) is 2.58. The Bertz CT molecular complexity index is 735. The highest BCUT2D eigenvalue weighted by Gasteiger charge is 2.02. The van der Waals surface area contributed by atoms with Crippen molar-refractivity contribution in [3.05, 3.63) is 53.6 Å². The van der Waals surface area contributed by atoms with E-state index in [-0.39, 0.29) is 5.97 Å². The first kappa shape index (κ1) is 13.5. The van der Waals surface area contributed by atoms with E-state index in [1.54, 1.807) is 36.8 Å². The second-order valence-corrected chi connectivity index (χ2v) is 3.96. The van der Waals surface area contributed by atoms with Gasteiger partial charge in [-0.15, -0.1) is 0 Å². The summed E-state index contributed by atoms with van der Waals surface area (Å²) in [4.78, 5) is 15.2. The van der Waals surface area contributed by atoms with Crippen molar-refractivity contribution in [2.24, 2.45) is 7.05 Å². The zero-order valence-electron chi connectivity index (χ0n) is 11.2. The number of aryl methyl sites for hydroxylation is 1. The monoisotopic (exact) mass is 264 g/mol. The molecule has 0 unspecified atom stereocenters. The molecular formula is C16H12N2O2. The quantitative estimate of drug-likeness (QED) is 0.580. The fourth-order valence-electron chi connectivity index (χ4n) is 1.48. The van der Waals surface area contributed by atoms with Crippen LogP contribution in [-0.4, -0.2) is 22.6 Å². The minimum Gasteiger partial charge on any atom is -0.465 e. The van der Waals surface area contributed by atoms with Crippen LogP contribution in [0.2, 0.25) is 0 Å². The number of aromatic nitrogens is 2. The maximum absolute atomic E-state index is 11.3. The molecule has 4 heteroatoms. The van der Waals surface area contributed by atoms with Crippen molar-refractivity contribution in [1.82, 2.24) is 9.55 Å². The molecule has 0 bridgehead atoms. The molecule has 4 nitrogen and oxygen atoms in total. The average Bonchev–Trinajstić information content (AvgIpc) is 2.89. The van der Waals surface area contributed by atoms with Crippen LogP contribution in [0.5, 0.6) is 0 Å². The number of ether oxygens (including phenoxy) is 1. The van der Waals surface area contributed by atoms with E-state index in [2.05, 4.69) is 33.4 Å². The summed E-state index contributed by atoms with van der Waals surface area (Å²) in [7, 11) is 3.22. The summed E-state index contributed by atoms with van der Waals surface area (Å²) < 4.78 is 6.44. The molecule has 0 aliphatic rings. The van der Waals surface area contributed by atoms with Crippen molar-refractivity contribution in [1.29, 1.82) is 0 Å². The SMILES string of the molecule is COC(=O)c1ccc(C#CC#Cc2cncn2C)cc1. The average molecular weight is 264 g/mol. The molecule has 2 aromatic rings. The van der Waals surface area contributed by atoms with E-state index in [1.165, 1.54) is 7.11 Å². The van der Waals surface area contributed by atoms with E-state index < -0.39 is 0 Å². The van der Waals surface area contributed by atoms with Crippen LogP contribution in [0.15, 0.2) is 36.8 Å². The largest absolute Gasteiger partial charge is 0.465 e. The number of rotatable bonds is 1. The van der Waals surface area contributed by atoms with Gasteiger partial charge in [-0.2, -0.15) is 0 Å². The summed E-state index contributed by atoms with van der Waals surface area (Å²) in [5, 5.41) is 0. The molecule has 1 aromatic carbocycles. The molecule has 1 heterocycles. The minimum atomic E-state index is -0.361. The smallest absolute Gasteiger partial charge is 0.337 e. The fourth-order valence-corrected chi connectivity index (χ4v) is 1.48. The maximum Gasteiger partial charge on any atom is 0.337 e. The van der Waals surface area contributed by atoms with Gasteiger partial charge in [-0.1, -0.05) is 5.92 Å². The molecule has 0 saturated heterocycles. The Morgan fingerprint density at radius 3 is 2.50 bits per heavy atom. The van der Waals surface area contributed by atoms with Crippen LogP contribution >= 0.6 is 0 Å². The van der Waals surface area contributed by atoms with Crippen LogP contribution in [0, 0.1) is 23.7 Å². The van der Waals surface area contributed by atoms with Gasteiger partial charge in [0.05, 0.1) is 25.2 Å². The number of hydrogen-bond acceptors (Lipinski definition) is 3. The van der Waals surface area contributed by atoms with Gasteiger partial charge in [0, 0.05) is 12.6 Å². The van der Waals surface area contributed by atoms with Crippen LogP contribution in [0.4, 0.5) is 0 Å². The summed E-state index contributed by atoms with van der Waals surface area (Å²) >= 11 is 0. The highest BCUT2D eigenvalue weighted by atomic mass is 16.5. The first-order valence-electron chi connectivity index (χ1n) is 5.87. The lowest BCUT2D eigenvalue weighted by Crippen LogP contribution is -2.00. The van der Waals surface area contributed by atoms with Crippen LogP contribution < -0.4 is 0 Å². The zero-order chi connectivity index (χ0) is 14.4. The Hall–Kier alpha value is -2.98. The van der Waals surface area contributed by atoms with Gasteiger partial charge >= 0.3 is 5.97 Å². The first-order valence-corrected chi connectivity index (χ1v) is 5.87. The van der Waals surface area contributed by atoms with Crippen molar-refractivity contribution in [3.8, 4) is 23.7 Å². The Labute approximate surface area is 117 Å². The molecule has 2 rings (SSSR count). The van der Waals surface area contributed by atoms with Gasteiger partial charge in [0.15, 0.2) is 0 Å². The topological polar surface area (TPSA) is 44.1 Å². The van der Waals surface area contributed by atoms with Crippen molar-refractivity contribution < 1.29 is 9.53 Å². The standard InChI is InChI=1S/C16H12N2O2/c1-18-12-17-11-15(18)6-4-3-5-13-7-9-14(10-8-13)16(19)20-2/h7-12H,1-2H3. The molecule has 0 aliphatic heterocycles. The number of benzene rings is 1. The van der Waals surface area contributed by atoms with Gasteiger partial charge < -0.3 is 9.30 Å². The van der Waals surface area contributed by atoms with Crippen LogP contribution in [-0.2, 0) is 11.8 Å². The van der Waals surface area contributed by atoms with Gasteiger partial charge in [-0.05, 0) is 42.0 Å². The Morgan fingerprint density at radius 1 is 1.20 bits per heavy atom. The third-order valence-electron chi connectivity index (χ3n) is 2.58. The highest BCUT2D eigenvalue weighted by Crippen LogP contribution is 2.04. The Morgan fingerprint density at radius 2 is 1.90 bits per heavy atom. The molecule has 0 fully saturated rings. The van der Waals surface area contributed by atoms with Gasteiger partial charge in [0.1, 0.15) is 5.69 Å². The molecule has 0 atom stereocenters. The first-order chi connectivity index (χ1) is 9.70. The molecule has 20 heavy (non-hydrogen) atoms. The fraction of sp³-hybridized carbons (Fsp3) is 0.125. The molecule has 0 aliphatic carbocycles. The van der Waals surface area contributed by atoms with E-state index in [0.29, 0.717) is 5.56 Å². The number of carbonyl (C=O) groups excluding carboxylic acids is 1. The lowest BCUT2D eigenvalue weighted by Gasteiger charge is -1.97. The summed E-state index contributed by atoms with van der Waals surface area (Å²) in [5.74, 6) is 11.0. The molecule has 0 spiro atoms. The number of methoxy groups -OCH3 is 1. The van der Waals surface area contributed by atoms with E-state index in [4.69, 9.17) is 0 Å². The summed E-state index contributed by atoms with van der Waals surface area (Å²) in [6, 6.07) is 6.85. The molecule has 1 aromatic heterocycles. The lowest BCUT2D eigenvalue weighted by atomic mass is 10.1.